The third kappa shape index (κ3) is 22.1. The largest absolute Gasteiger partial charge is 0.346 e. The van der Waals surface area contributed by atoms with Crippen molar-refractivity contribution in [1.29, 1.82) is 0 Å². The number of hydrogen-bond donors (Lipinski definition) is 3. The van der Waals surface area contributed by atoms with Crippen molar-refractivity contribution in [3.63, 3.8) is 0 Å². The van der Waals surface area contributed by atoms with E-state index in [1.807, 2.05) is 0 Å². The standard InChI is InChI=1S/C34H59O6PS/c1-27(2)13-9-15-29(5)17-11-19-31(7)21-23-33(25-26-34(41(35,36)37)42(38,39)40)24-22-32(8)20-12-18-30(6)16-10-14-28(3)4/h13-14,17-18,21-22,33-34H,9-12,15-16,19-20,23-26H2,1-8H3,(H2,35,36,37)(H,38,39,40)/b29-17+,30-18+,31-21+,32-22+. The molecule has 0 aliphatic rings. The zero-order valence-electron chi connectivity index (χ0n) is 27.5. The van der Waals surface area contributed by atoms with Crippen LogP contribution in [0.4, 0.5) is 0 Å². The zero-order chi connectivity index (χ0) is 32.3. The Hall–Kier alpha value is -1.50. The summed E-state index contributed by atoms with van der Waals surface area (Å²) in [4.78, 5) is 17.0. The quantitative estimate of drug-likeness (QED) is 0.0664. The molecule has 0 aromatic rings. The van der Waals surface area contributed by atoms with Crippen LogP contribution in [0.5, 0.6) is 0 Å². The molecule has 0 saturated heterocycles. The number of allylic oxidation sites excluding steroid dienone is 12. The van der Waals surface area contributed by atoms with Crippen molar-refractivity contribution < 1.29 is 27.3 Å². The highest BCUT2D eigenvalue weighted by atomic mass is 32.2. The third-order valence-corrected chi connectivity index (χ3v) is 10.9. The predicted octanol–water partition coefficient (Wildman–Crippen LogP) is 10.4. The third-order valence-electron chi connectivity index (χ3n) is 7.39. The van der Waals surface area contributed by atoms with E-state index in [9.17, 15) is 27.3 Å². The van der Waals surface area contributed by atoms with Gasteiger partial charge >= 0.3 is 7.60 Å². The van der Waals surface area contributed by atoms with Crippen molar-refractivity contribution in [2.75, 3.05) is 0 Å². The molecule has 1 unspecified atom stereocenters. The topological polar surface area (TPSA) is 112 Å². The molecular formula is C34H59O6PS. The molecule has 0 spiro atoms. The second-order valence-electron chi connectivity index (χ2n) is 12.4. The van der Waals surface area contributed by atoms with Gasteiger partial charge in [-0.15, -0.1) is 0 Å². The van der Waals surface area contributed by atoms with E-state index in [1.54, 1.807) is 0 Å². The van der Waals surface area contributed by atoms with Crippen LogP contribution in [0.3, 0.4) is 0 Å². The van der Waals surface area contributed by atoms with Crippen molar-refractivity contribution in [2.45, 2.75) is 137 Å². The van der Waals surface area contributed by atoms with E-state index in [-0.39, 0.29) is 18.8 Å². The van der Waals surface area contributed by atoms with E-state index in [4.69, 9.17) is 0 Å². The molecular weight excluding hydrogens is 567 g/mol. The lowest BCUT2D eigenvalue weighted by atomic mass is 9.93. The Morgan fingerprint density at radius 3 is 1.24 bits per heavy atom. The molecule has 0 heterocycles. The second kappa shape index (κ2) is 21.2. The summed E-state index contributed by atoms with van der Waals surface area (Å²) in [5.41, 5.74) is 7.91. The van der Waals surface area contributed by atoms with E-state index in [0.717, 1.165) is 51.4 Å². The molecule has 0 aliphatic carbocycles. The van der Waals surface area contributed by atoms with Crippen molar-refractivity contribution >= 4 is 17.7 Å². The lowest BCUT2D eigenvalue weighted by molar-refractivity contribution is 0.355. The fraction of sp³-hybridized carbons (Fsp3) is 0.647. The second-order valence-corrected chi connectivity index (χ2v) is 16.1. The minimum atomic E-state index is -4.99. The van der Waals surface area contributed by atoms with Crippen LogP contribution in [0, 0.1) is 5.92 Å². The average molecular weight is 627 g/mol. The highest BCUT2D eigenvalue weighted by Gasteiger charge is 2.39. The summed E-state index contributed by atoms with van der Waals surface area (Å²) in [6, 6.07) is 0. The van der Waals surface area contributed by atoms with Gasteiger partial charge in [0, 0.05) is 0 Å². The molecule has 0 bridgehead atoms. The van der Waals surface area contributed by atoms with Crippen LogP contribution in [-0.4, -0.2) is 27.7 Å². The maximum Gasteiger partial charge on any atom is 0.346 e. The van der Waals surface area contributed by atoms with Crippen LogP contribution in [0.15, 0.2) is 69.9 Å². The van der Waals surface area contributed by atoms with Crippen molar-refractivity contribution in [3.8, 4) is 0 Å². The first-order valence-electron chi connectivity index (χ1n) is 15.3. The average Bonchev–Trinajstić information content (AvgIpc) is 2.83. The van der Waals surface area contributed by atoms with Crippen molar-refractivity contribution in [3.05, 3.63) is 69.9 Å². The van der Waals surface area contributed by atoms with E-state index >= 15 is 0 Å². The summed E-state index contributed by atoms with van der Waals surface area (Å²) in [5.74, 6) is 0.00778. The van der Waals surface area contributed by atoms with Gasteiger partial charge in [0.2, 0.25) is 0 Å². The van der Waals surface area contributed by atoms with E-state index in [2.05, 4.69) is 91.8 Å². The highest BCUT2D eigenvalue weighted by Crippen LogP contribution is 2.46. The fourth-order valence-corrected chi connectivity index (χ4v) is 6.92. The molecule has 8 heteroatoms. The molecule has 42 heavy (non-hydrogen) atoms. The van der Waals surface area contributed by atoms with Crippen LogP contribution >= 0.6 is 7.60 Å². The number of rotatable bonds is 21. The molecule has 0 radical (unpaired) electrons. The van der Waals surface area contributed by atoms with Crippen LogP contribution in [0.1, 0.15) is 132 Å². The fourth-order valence-electron chi connectivity index (χ4n) is 4.61. The molecule has 0 aromatic heterocycles. The summed E-state index contributed by atoms with van der Waals surface area (Å²) in [6.45, 7) is 17.0. The SMILES string of the molecule is CC(C)=CCC/C(C)=C/CC/C(C)=C/CC(C/C=C(\C)CC/C=C(\C)CCC=C(C)C)CCC(P(=O)(O)O)S(=O)(=O)O. The first-order valence-corrected chi connectivity index (χ1v) is 18.5. The van der Waals surface area contributed by atoms with Crippen LogP contribution in [-0.2, 0) is 14.7 Å². The van der Waals surface area contributed by atoms with Gasteiger partial charge in [-0.05, 0) is 138 Å². The maximum atomic E-state index is 11.8. The van der Waals surface area contributed by atoms with Crippen LogP contribution in [0.2, 0.25) is 0 Å². The molecule has 6 nitrogen and oxygen atoms in total. The van der Waals surface area contributed by atoms with Gasteiger partial charge in [0.25, 0.3) is 10.1 Å². The molecule has 1 atom stereocenters. The van der Waals surface area contributed by atoms with Gasteiger partial charge in [0.05, 0.1) is 0 Å². The Morgan fingerprint density at radius 2 is 0.929 bits per heavy atom. The first kappa shape index (κ1) is 40.5. The van der Waals surface area contributed by atoms with Gasteiger partial charge in [0.15, 0.2) is 4.99 Å². The molecule has 3 N–H and O–H groups in total. The van der Waals surface area contributed by atoms with Crippen LogP contribution < -0.4 is 0 Å². The molecule has 0 amide bonds. The van der Waals surface area contributed by atoms with E-state index in [1.165, 1.54) is 33.4 Å². The van der Waals surface area contributed by atoms with Gasteiger partial charge in [0.1, 0.15) is 0 Å². The summed E-state index contributed by atoms with van der Waals surface area (Å²) in [5, 5.41) is 0. The smallest absolute Gasteiger partial charge is 0.323 e. The molecule has 0 rings (SSSR count). The van der Waals surface area contributed by atoms with Crippen molar-refractivity contribution in [1.82, 2.24) is 0 Å². The lowest BCUT2D eigenvalue weighted by Crippen LogP contribution is -2.21. The van der Waals surface area contributed by atoms with Gasteiger partial charge in [-0.3, -0.25) is 9.12 Å². The first-order chi connectivity index (χ1) is 19.4. The molecule has 242 valence electrons. The minimum absolute atomic E-state index is 0.00778. The minimum Gasteiger partial charge on any atom is -0.323 e. The molecule has 0 fully saturated rings. The van der Waals surface area contributed by atoms with E-state index in [0.29, 0.717) is 12.8 Å². The Morgan fingerprint density at radius 1 is 0.595 bits per heavy atom. The number of hydrogen-bond acceptors (Lipinski definition) is 3. The lowest BCUT2D eigenvalue weighted by Gasteiger charge is -2.19. The predicted molar refractivity (Wildman–Crippen MR) is 180 cm³/mol. The molecule has 0 saturated carbocycles. The Labute approximate surface area is 257 Å². The van der Waals surface area contributed by atoms with Gasteiger partial charge in [-0.25, -0.2) is 0 Å². The Bertz CT molecular complexity index is 1080. The Balaban J connectivity index is 5.33. The van der Waals surface area contributed by atoms with E-state index < -0.39 is 22.7 Å². The van der Waals surface area contributed by atoms with Crippen molar-refractivity contribution in [2.24, 2.45) is 5.92 Å². The zero-order valence-corrected chi connectivity index (χ0v) is 29.2. The molecule has 0 aromatic carbocycles. The normalized spacial score (nSPS) is 15.4. The van der Waals surface area contributed by atoms with Gasteiger partial charge < -0.3 is 9.79 Å². The summed E-state index contributed by atoms with van der Waals surface area (Å²) >= 11 is 0. The summed E-state index contributed by atoms with van der Waals surface area (Å²) in [6.07, 6.45) is 22.8. The van der Waals surface area contributed by atoms with Gasteiger partial charge in [-0.1, -0.05) is 69.9 Å². The molecule has 0 aliphatic heterocycles. The maximum absolute atomic E-state index is 11.8. The van der Waals surface area contributed by atoms with Crippen LogP contribution in [0.25, 0.3) is 0 Å². The Kier molecular flexibility index (Phi) is 20.5. The van der Waals surface area contributed by atoms with Gasteiger partial charge in [-0.2, -0.15) is 8.42 Å². The summed E-state index contributed by atoms with van der Waals surface area (Å²) < 4.78 is 44.6. The monoisotopic (exact) mass is 626 g/mol. The summed E-state index contributed by atoms with van der Waals surface area (Å²) in [7, 11) is -9.85. The highest BCUT2D eigenvalue weighted by molar-refractivity contribution is 7.93.